The van der Waals surface area contributed by atoms with Gasteiger partial charge in [-0.1, -0.05) is 70.4 Å². The lowest BCUT2D eigenvalue weighted by Crippen LogP contribution is -2.31. The lowest BCUT2D eigenvalue weighted by Gasteiger charge is -2.22. The Morgan fingerprint density at radius 2 is 1.42 bits per heavy atom. The molecule has 2 N–H and O–H groups in total. The van der Waals surface area contributed by atoms with Crippen molar-refractivity contribution in [1.29, 1.82) is 0 Å². The first kappa shape index (κ1) is 37.6. The molecule has 2 aliphatic heterocycles. The van der Waals surface area contributed by atoms with Crippen LogP contribution in [0.25, 0.3) is 0 Å². The first-order valence-electron chi connectivity index (χ1n) is 17.7. The van der Waals surface area contributed by atoms with Gasteiger partial charge in [0.05, 0.1) is 30.3 Å². The fourth-order valence-corrected chi connectivity index (χ4v) is 6.43. The molecule has 0 amide bonds. The van der Waals surface area contributed by atoms with E-state index in [1.165, 1.54) is 51.9 Å². The van der Waals surface area contributed by atoms with E-state index >= 15 is 0 Å². The van der Waals surface area contributed by atoms with Gasteiger partial charge in [-0.15, -0.1) is 0 Å². The van der Waals surface area contributed by atoms with Crippen LogP contribution < -0.4 is 0 Å². The van der Waals surface area contributed by atoms with Crippen LogP contribution in [0.3, 0.4) is 0 Å². The summed E-state index contributed by atoms with van der Waals surface area (Å²) in [5.74, 6) is -0.272. The lowest BCUT2D eigenvalue weighted by atomic mass is 9.96. The number of ketones is 2. The van der Waals surface area contributed by atoms with Gasteiger partial charge in [0.2, 0.25) is 0 Å². The molecular weight excluding hydrogens is 544 g/mol. The summed E-state index contributed by atoms with van der Waals surface area (Å²) in [5, 5.41) is 21.2. The van der Waals surface area contributed by atoms with Gasteiger partial charge in [0.1, 0.15) is 17.7 Å². The lowest BCUT2D eigenvalue weighted by molar-refractivity contribution is -0.145. The maximum atomic E-state index is 12.2. The molecule has 2 heterocycles. The minimum Gasteiger partial charge on any atom is -0.462 e. The molecule has 2 fully saturated rings. The number of hydrogen-bond donors (Lipinski definition) is 2. The van der Waals surface area contributed by atoms with E-state index in [9.17, 15) is 24.6 Å². The Morgan fingerprint density at radius 3 is 2.12 bits per heavy atom. The van der Waals surface area contributed by atoms with Gasteiger partial charge in [-0.05, 0) is 84.0 Å². The number of aliphatic hydroxyl groups excluding tert-OH is 2. The van der Waals surface area contributed by atoms with Gasteiger partial charge in [-0.25, -0.2) is 0 Å². The Labute approximate surface area is 261 Å². The molecular formula is C36H62O7. The van der Waals surface area contributed by atoms with Gasteiger partial charge in [0, 0.05) is 19.3 Å². The molecule has 7 heteroatoms. The zero-order chi connectivity index (χ0) is 31.3. The average molecular weight is 607 g/mol. The normalized spacial score (nSPS) is 23.6. The second kappa shape index (κ2) is 22.9. The van der Waals surface area contributed by atoms with Crippen LogP contribution in [0, 0.1) is 5.92 Å². The van der Waals surface area contributed by atoms with Crippen LogP contribution in [0.4, 0.5) is 0 Å². The summed E-state index contributed by atoms with van der Waals surface area (Å²) in [5.41, 5.74) is 0. The maximum absolute atomic E-state index is 12.2. The highest BCUT2D eigenvalue weighted by atomic mass is 16.6. The van der Waals surface area contributed by atoms with Crippen molar-refractivity contribution in [3.05, 3.63) is 12.2 Å². The van der Waals surface area contributed by atoms with Crippen LogP contribution in [0.2, 0.25) is 0 Å². The molecule has 0 radical (unpaired) electrons. The van der Waals surface area contributed by atoms with Crippen LogP contribution in [-0.4, -0.2) is 58.3 Å². The molecule has 43 heavy (non-hydrogen) atoms. The van der Waals surface area contributed by atoms with E-state index in [0.717, 1.165) is 64.2 Å². The SMILES string of the molecule is CCCCCCCCC/C=C\CC[C@@H](O)[C@H]1CC[C@H]([C@H](O)CCCCCC(=O)CCCC[C@@H]2C[C@H](CC(C)=O)C(=O)O2)O1. The van der Waals surface area contributed by atoms with E-state index in [4.69, 9.17) is 9.47 Å². The maximum Gasteiger partial charge on any atom is 0.309 e. The molecule has 0 aromatic heterocycles. The molecule has 0 bridgehead atoms. The third-order valence-electron chi connectivity index (χ3n) is 9.10. The number of ether oxygens (including phenoxy) is 2. The van der Waals surface area contributed by atoms with Crippen molar-refractivity contribution < 1.29 is 34.1 Å². The third-order valence-corrected chi connectivity index (χ3v) is 9.10. The summed E-state index contributed by atoms with van der Waals surface area (Å²) in [6.45, 7) is 3.75. The number of esters is 1. The van der Waals surface area contributed by atoms with Crippen LogP contribution in [0.15, 0.2) is 12.2 Å². The molecule has 6 atom stereocenters. The van der Waals surface area contributed by atoms with Crippen LogP contribution in [0.5, 0.6) is 0 Å². The summed E-state index contributed by atoms with van der Waals surface area (Å²) in [7, 11) is 0. The van der Waals surface area contributed by atoms with Gasteiger partial charge in [-0.3, -0.25) is 9.59 Å². The average Bonchev–Trinajstić information content (AvgIpc) is 3.60. The number of rotatable bonds is 26. The highest BCUT2D eigenvalue weighted by Gasteiger charge is 2.35. The zero-order valence-electron chi connectivity index (χ0n) is 27.3. The Hall–Kier alpha value is -1.57. The molecule has 7 nitrogen and oxygen atoms in total. The molecule has 0 aromatic carbocycles. The predicted octanol–water partition coefficient (Wildman–Crippen LogP) is 7.72. The fraction of sp³-hybridized carbons (Fsp3) is 0.861. The van der Waals surface area contributed by atoms with Crippen molar-refractivity contribution in [2.24, 2.45) is 5.92 Å². The van der Waals surface area contributed by atoms with Gasteiger partial charge in [0.25, 0.3) is 0 Å². The molecule has 0 unspecified atom stereocenters. The van der Waals surface area contributed by atoms with E-state index in [-0.39, 0.29) is 48.2 Å². The molecule has 0 aromatic rings. The van der Waals surface area contributed by atoms with Crippen molar-refractivity contribution in [2.45, 2.75) is 192 Å². The smallest absolute Gasteiger partial charge is 0.309 e. The van der Waals surface area contributed by atoms with Crippen molar-refractivity contribution in [3.63, 3.8) is 0 Å². The van der Waals surface area contributed by atoms with Gasteiger partial charge < -0.3 is 24.5 Å². The van der Waals surface area contributed by atoms with E-state index in [2.05, 4.69) is 19.1 Å². The first-order chi connectivity index (χ1) is 20.8. The largest absolute Gasteiger partial charge is 0.462 e. The van der Waals surface area contributed by atoms with Crippen LogP contribution in [0.1, 0.15) is 162 Å². The summed E-state index contributed by atoms with van der Waals surface area (Å²) < 4.78 is 11.4. The minimum atomic E-state index is -0.519. The minimum absolute atomic E-state index is 0.0151. The molecule has 2 rings (SSSR count). The van der Waals surface area contributed by atoms with E-state index in [1.807, 2.05) is 0 Å². The van der Waals surface area contributed by atoms with E-state index in [0.29, 0.717) is 32.1 Å². The van der Waals surface area contributed by atoms with Crippen LogP contribution in [-0.2, 0) is 23.9 Å². The summed E-state index contributed by atoms with van der Waals surface area (Å²) in [6, 6.07) is 0. The van der Waals surface area contributed by atoms with Gasteiger partial charge in [-0.2, -0.15) is 0 Å². The van der Waals surface area contributed by atoms with Crippen molar-refractivity contribution >= 4 is 17.5 Å². The molecule has 2 saturated heterocycles. The number of cyclic esters (lactones) is 1. The predicted molar refractivity (Wildman–Crippen MR) is 171 cm³/mol. The number of allylic oxidation sites excluding steroid dienone is 2. The number of aliphatic hydroxyl groups is 2. The van der Waals surface area contributed by atoms with Crippen molar-refractivity contribution in [1.82, 2.24) is 0 Å². The van der Waals surface area contributed by atoms with Crippen molar-refractivity contribution in [2.75, 3.05) is 0 Å². The molecule has 0 spiro atoms. The van der Waals surface area contributed by atoms with Gasteiger partial charge >= 0.3 is 5.97 Å². The molecule has 248 valence electrons. The molecule has 0 aliphatic carbocycles. The standard InChI is InChI=1S/C36H62O7/c1-3-4-5-6-7-8-9-10-11-12-15-22-32(39)34-24-25-35(43-34)33(40)23-16-13-14-19-30(38)20-17-18-21-31-27-29(26-28(2)37)36(41)42-31/h11-12,29,31-35,39-40H,3-10,13-27H2,1-2H3/b12-11-/t29-,31+,32+,33+,34+,35+/m0/s1. The number of carbonyl (C=O) groups is 3. The zero-order valence-corrected chi connectivity index (χ0v) is 27.3. The number of unbranched alkanes of at least 4 members (excludes halogenated alkanes) is 10. The Balaban J connectivity index is 1.43. The summed E-state index contributed by atoms with van der Waals surface area (Å²) in [6.07, 6.45) is 24.1. The quantitative estimate of drug-likeness (QED) is 0.0589. The Morgan fingerprint density at radius 1 is 0.814 bits per heavy atom. The highest BCUT2D eigenvalue weighted by Crippen LogP contribution is 2.29. The number of carbonyl (C=O) groups excluding carboxylic acids is 3. The summed E-state index contributed by atoms with van der Waals surface area (Å²) >= 11 is 0. The first-order valence-corrected chi connectivity index (χ1v) is 17.7. The molecule has 2 aliphatic rings. The number of hydrogen-bond acceptors (Lipinski definition) is 7. The Kier molecular flexibility index (Phi) is 20.0. The third kappa shape index (κ3) is 16.9. The Bertz CT molecular complexity index is 809. The second-order valence-corrected chi connectivity index (χ2v) is 13.2. The van der Waals surface area contributed by atoms with Crippen LogP contribution >= 0.6 is 0 Å². The summed E-state index contributed by atoms with van der Waals surface area (Å²) in [4.78, 5) is 35.3. The topological polar surface area (TPSA) is 110 Å². The fourth-order valence-electron chi connectivity index (χ4n) is 6.43. The van der Waals surface area contributed by atoms with E-state index < -0.39 is 12.2 Å². The second-order valence-electron chi connectivity index (χ2n) is 13.2. The van der Waals surface area contributed by atoms with Crippen molar-refractivity contribution in [3.8, 4) is 0 Å². The van der Waals surface area contributed by atoms with Gasteiger partial charge in [0.15, 0.2) is 0 Å². The number of Topliss-reactive ketones (excluding diaryl/α,β-unsaturated/α-hetero) is 2. The van der Waals surface area contributed by atoms with E-state index in [1.54, 1.807) is 0 Å². The molecule has 0 saturated carbocycles. The highest BCUT2D eigenvalue weighted by molar-refractivity contribution is 5.83. The monoisotopic (exact) mass is 606 g/mol.